The molecule has 0 aromatic heterocycles. The second kappa shape index (κ2) is 8.30. The molecular formula is C18H18ClN3O3. The van der Waals surface area contributed by atoms with E-state index in [0.717, 1.165) is 11.1 Å². The minimum Gasteiger partial charge on any atom is -0.343 e. The molecule has 0 saturated carbocycles. The van der Waals surface area contributed by atoms with E-state index >= 15 is 0 Å². The van der Waals surface area contributed by atoms with Crippen molar-refractivity contribution in [1.82, 2.24) is 16.2 Å². The van der Waals surface area contributed by atoms with Gasteiger partial charge in [-0.2, -0.15) is 0 Å². The van der Waals surface area contributed by atoms with E-state index < -0.39 is 11.8 Å². The van der Waals surface area contributed by atoms with Crippen molar-refractivity contribution in [2.24, 2.45) is 0 Å². The number of rotatable bonds is 4. The lowest BCUT2D eigenvalue weighted by Crippen LogP contribution is -2.46. The molecule has 0 atom stereocenters. The highest BCUT2D eigenvalue weighted by molar-refractivity contribution is 6.30. The Morgan fingerprint density at radius 2 is 1.44 bits per heavy atom. The molecule has 0 spiro atoms. The van der Waals surface area contributed by atoms with Crippen LogP contribution in [0.1, 0.15) is 31.8 Å². The van der Waals surface area contributed by atoms with Crippen molar-refractivity contribution in [1.29, 1.82) is 0 Å². The van der Waals surface area contributed by atoms with Gasteiger partial charge in [0.05, 0.1) is 6.54 Å². The van der Waals surface area contributed by atoms with Crippen LogP contribution in [-0.4, -0.2) is 24.3 Å². The van der Waals surface area contributed by atoms with E-state index in [1.807, 2.05) is 19.9 Å². The average molecular weight is 360 g/mol. The zero-order chi connectivity index (χ0) is 18.4. The Hall–Kier alpha value is -2.86. The van der Waals surface area contributed by atoms with E-state index in [1.54, 1.807) is 24.3 Å². The van der Waals surface area contributed by atoms with Gasteiger partial charge >= 0.3 is 0 Å². The maximum atomic E-state index is 12.1. The van der Waals surface area contributed by atoms with Gasteiger partial charge in [-0.3, -0.25) is 25.2 Å². The fraction of sp³-hybridized carbons (Fsp3) is 0.167. The normalized spacial score (nSPS) is 10.0. The number of hydrazine groups is 1. The van der Waals surface area contributed by atoms with Gasteiger partial charge in [-0.1, -0.05) is 28.8 Å². The summed E-state index contributed by atoms with van der Waals surface area (Å²) in [5, 5.41) is 3.01. The summed E-state index contributed by atoms with van der Waals surface area (Å²) in [5.74, 6) is -1.38. The molecular weight excluding hydrogens is 342 g/mol. The molecule has 0 radical (unpaired) electrons. The Morgan fingerprint density at radius 3 is 2.04 bits per heavy atom. The van der Waals surface area contributed by atoms with Crippen LogP contribution in [0.2, 0.25) is 5.02 Å². The molecule has 0 aliphatic heterocycles. The van der Waals surface area contributed by atoms with Crippen molar-refractivity contribution in [3.63, 3.8) is 0 Å². The number of carbonyl (C=O) groups excluding carboxylic acids is 3. The van der Waals surface area contributed by atoms with Crippen LogP contribution in [0.4, 0.5) is 0 Å². The lowest BCUT2D eigenvalue weighted by Gasteiger charge is -2.09. The van der Waals surface area contributed by atoms with Gasteiger partial charge in [-0.05, 0) is 50.2 Å². The summed E-state index contributed by atoms with van der Waals surface area (Å²) < 4.78 is 0. The van der Waals surface area contributed by atoms with Crippen LogP contribution >= 0.6 is 11.6 Å². The molecule has 3 amide bonds. The maximum Gasteiger partial charge on any atom is 0.269 e. The van der Waals surface area contributed by atoms with Crippen LogP contribution in [0, 0.1) is 13.8 Å². The largest absolute Gasteiger partial charge is 0.343 e. The number of hydrogen-bond acceptors (Lipinski definition) is 3. The summed E-state index contributed by atoms with van der Waals surface area (Å²) in [4.78, 5) is 35.6. The van der Waals surface area contributed by atoms with Gasteiger partial charge in [0.1, 0.15) is 0 Å². The lowest BCUT2D eigenvalue weighted by atomic mass is 10.1. The molecule has 6 nitrogen and oxygen atoms in total. The number of amides is 3. The Labute approximate surface area is 150 Å². The number of benzene rings is 2. The summed E-state index contributed by atoms with van der Waals surface area (Å²) in [6, 6.07) is 11.6. The summed E-state index contributed by atoms with van der Waals surface area (Å²) in [7, 11) is 0. The third kappa shape index (κ3) is 5.61. The number of hydrogen-bond donors (Lipinski definition) is 3. The maximum absolute atomic E-state index is 12.1. The first-order valence-electron chi connectivity index (χ1n) is 7.56. The summed E-state index contributed by atoms with van der Waals surface area (Å²) in [6.45, 7) is 3.53. The van der Waals surface area contributed by atoms with Crippen molar-refractivity contribution < 1.29 is 14.4 Å². The first-order valence-corrected chi connectivity index (χ1v) is 7.94. The molecule has 0 bridgehead atoms. The van der Waals surface area contributed by atoms with Crippen molar-refractivity contribution in [2.75, 3.05) is 6.54 Å². The van der Waals surface area contributed by atoms with Gasteiger partial charge in [0.25, 0.3) is 17.7 Å². The summed E-state index contributed by atoms with van der Waals surface area (Å²) in [5.41, 5.74) is 7.26. The number of nitrogens with one attached hydrogen (secondary N) is 3. The lowest BCUT2D eigenvalue weighted by molar-refractivity contribution is -0.120. The van der Waals surface area contributed by atoms with Crippen molar-refractivity contribution >= 4 is 29.3 Å². The molecule has 0 fully saturated rings. The molecule has 0 unspecified atom stereocenters. The molecule has 0 saturated heterocycles. The molecule has 7 heteroatoms. The molecule has 25 heavy (non-hydrogen) atoms. The molecule has 2 rings (SSSR count). The van der Waals surface area contributed by atoms with Gasteiger partial charge in [0.2, 0.25) is 0 Å². The van der Waals surface area contributed by atoms with E-state index in [0.29, 0.717) is 16.1 Å². The van der Waals surface area contributed by atoms with E-state index in [9.17, 15) is 14.4 Å². The fourth-order valence-electron chi connectivity index (χ4n) is 2.21. The molecule has 0 heterocycles. The van der Waals surface area contributed by atoms with Crippen LogP contribution in [0.5, 0.6) is 0 Å². The number of halogens is 1. The van der Waals surface area contributed by atoms with Crippen LogP contribution < -0.4 is 16.2 Å². The highest BCUT2D eigenvalue weighted by Gasteiger charge is 2.10. The number of carbonyl (C=O) groups is 3. The zero-order valence-electron chi connectivity index (χ0n) is 13.9. The zero-order valence-corrected chi connectivity index (χ0v) is 14.6. The standard InChI is InChI=1S/C18H18ClN3O3/c1-11-7-12(2)9-14(8-11)17(24)20-10-16(23)21-22-18(25)13-3-5-15(19)6-4-13/h3-9H,10H2,1-2H3,(H,20,24)(H,21,23)(H,22,25). The molecule has 3 N–H and O–H groups in total. The van der Waals surface area contributed by atoms with Gasteiger partial charge in [0.15, 0.2) is 0 Å². The average Bonchev–Trinajstić information content (AvgIpc) is 2.57. The minimum atomic E-state index is -0.542. The topological polar surface area (TPSA) is 87.3 Å². The molecule has 2 aromatic carbocycles. The monoisotopic (exact) mass is 359 g/mol. The molecule has 2 aromatic rings. The summed E-state index contributed by atoms with van der Waals surface area (Å²) in [6.07, 6.45) is 0. The molecule has 0 aliphatic rings. The highest BCUT2D eigenvalue weighted by atomic mass is 35.5. The third-order valence-corrected chi connectivity index (χ3v) is 3.57. The Bertz CT molecular complexity index is 783. The first-order chi connectivity index (χ1) is 11.8. The predicted octanol–water partition coefficient (Wildman–Crippen LogP) is 2.15. The van der Waals surface area contributed by atoms with Crippen molar-refractivity contribution in [3.8, 4) is 0 Å². The Kier molecular flexibility index (Phi) is 6.14. The highest BCUT2D eigenvalue weighted by Crippen LogP contribution is 2.09. The van der Waals surface area contributed by atoms with Gasteiger partial charge < -0.3 is 5.32 Å². The van der Waals surface area contributed by atoms with Crippen molar-refractivity contribution in [2.45, 2.75) is 13.8 Å². The van der Waals surface area contributed by atoms with E-state index in [2.05, 4.69) is 16.2 Å². The Morgan fingerprint density at radius 1 is 0.840 bits per heavy atom. The van der Waals surface area contributed by atoms with Crippen LogP contribution in [-0.2, 0) is 4.79 Å². The smallest absolute Gasteiger partial charge is 0.269 e. The SMILES string of the molecule is Cc1cc(C)cc(C(=O)NCC(=O)NNC(=O)c2ccc(Cl)cc2)c1. The van der Waals surface area contributed by atoms with Gasteiger partial charge in [-0.15, -0.1) is 0 Å². The molecule has 130 valence electrons. The Balaban J connectivity index is 1.81. The van der Waals surface area contributed by atoms with Crippen LogP contribution in [0.3, 0.4) is 0 Å². The van der Waals surface area contributed by atoms with Gasteiger partial charge in [-0.25, -0.2) is 0 Å². The first kappa shape index (κ1) is 18.5. The predicted molar refractivity (Wildman–Crippen MR) is 95.3 cm³/mol. The van der Waals surface area contributed by atoms with E-state index in [4.69, 9.17) is 11.6 Å². The van der Waals surface area contributed by atoms with Gasteiger partial charge in [0, 0.05) is 16.1 Å². The summed E-state index contributed by atoms with van der Waals surface area (Å²) >= 11 is 5.74. The second-order valence-electron chi connectivity index (χ2n) is 5.57. The molecule has 0 aliphatic carbocycles. The second-order valence-corrected chi connectivity index (χ2v) is 6.00. The third-order valence-electron chi connectivity index (χ3n) is 3.32. The van der Waals surface area contributed by atoms with Crippen LogP contribution in [0.15, 0.2) is 42.5 Å². The van der Waals surface area contributed by atoms with Crippen LogP contribution in [0.25, 0.3) is 0 Å². The minimum absolute atomic E-state index is 0.257. The fourth-order valence-corrected chi connectivity index (χ4v) is 2.34. The van der Waals surface area contributed by atoms with E-state index in [1.165, 1.54) is 12.1 Å². The van der Waals surface area contributed by atoms with Crippen molar-refractivity contribution in [3.05, 3.63) is 69.7 Å². The van der Waals surface area contributed by atoms with E-state index in [-0.39, 0.29) is 12.5 Å². The number of aryl methyl sites for hydroxylation is 2. The quantitative estimate of drug-likeness (QED) is 0.731.